The van der Waals surface area contributed by atoms with Gasteiger partial charge < -0.3 is 10.1 Å². The second-order valence-electron chi connectivity index (χ2n) is 3.46. The average molecular weight is 248 g/mol. The van der Waals surface area contributed by atoms with Crippen LogP contribution >= 0.6 is 0 Å². The van der Waals surface area contributed by atoms with E-state index in [1.807, 2.05) is 6.92 Å². The van der Waals surface area contributed by atoms with Crippen LogP contribution in [0.4, 0.5) is 18.9 Å². The van der Waals surface area contributed by atoms with E-state index in [4.69, 9.17) is 4.74 Å². The average Bonchev–Trinajstić information content (AvgIpc) is 2.26. The molecule has 0 unspecified atom stereocenters. The molecule has 1 aromatic rings. The minimum Gasteiger partial charge on any atom is -0.478 e. The fourth-order valence-electron chi connectivity index (χ4n) is 1.24. The zero-order chi connectivity index (χ0) is 12.7. The lowest BCUT2D eigenvalue weighted by atomic mass is 10.3. The first kappa shape index (κ1) is 13.6. The summed E-state index contributed by atoms with van der Waals surface area (Å²) >= 11 is 0. The Labute approximate surface area is 98.0 Å². The highest BCUT2D eigenvalue weighted by Crippen LogP contribution is 2.21. The third kappa shape index (κ3) is 5.99. The van der Waals surface area contributed by atoms with Crippen molar-refractivity contribution in [1.29, 1.82) is 0 Å². The van der Waals surface area contributed by atoms with E-state index in [9.17, 15) is 13.2 Å². The number of hydrogen-bond donors (Lipinski definition) is 1. The molecule has 96 valence electrons. The Morgan fingerprint density at radius 3 is 2.65 bits per heavy atom. The minimum absolute atomic E-state index is 0.0523. The number of halogens is 3. The van der Waals surface area contributed by atoms with E-state index < -0.39 is 12.6 Å². The monoisotopic (exact) mass is 248 g/mol. The van der Waals surface area contributed by atoms with E-state index in [0.717, 1.165) is 0 Å². The third-order valence-electron chi connectivity index (χ3n) is 1.99. The van der Waals surface area contributed by atoms with Gasteiger partial charge in [-0.15, -0.1) is 0 Å². The number of nitrogens with zero attached hydrogens (tertiary/aromatic N) is 1. The number of alkyl halides is 3. The largest absolute Gasteiger partial charge is 0.478 e. The predicted molar refractivity (Wildman–Crippen MR) is 59.2 cm³/mol. The highest BCUT2D eigenvalue weighted by Gasteiger charge is 2.25. The molecule has 6 heteroatoms. The molecular formula is C11H15F3N2O. The summed E-state index contributed by atoms with van der Waals surface area (Å²) in [6, 6.07) is 3.40. The summed E-state index contributed by atoms with van der Waals surface area (Å²) in [6.07, 6.45) is -3.27. The first-order chi connectivity index (χ1) is 8.01. The lowest BCUT2D eigenvalue weighted by Gasteiger charge is -2.08. The summed E-state index contributed by atoms with van der Waals surface area (Å²) in [6.45, 7) is 2.66. The zero-order valence-corrected chi connectivity index (χ0v) is 9.55. The van der Waals surface area contributed by atoms with E-state index in [-0.39, 0.29) is 13.0 Å². The zero-order valence-electron chi connectivity index (χ0n) is 9.55. The van der Waals surface area contributed by atoms with Crippen molar-refractivity contribution >= 4 is 5.69 Å². The first-order valence-electron chi connectivity index (χ1n) is 5.41. The van der Waals surface area contributed by atoms with E-state index in [1.54, 1.807) is 18.3 Å². The molecule has 3 nitrogen and oxygen atoms in total. The van der Waals surface area contributed by atoms with Crippen molar-refractivity contribution in [2.45, 2.75) is 25.9 Å². The second-order valence-corrected chi connectivity index (χ2v) is 3.46. The van der Waals surface area contributed by atoms with Gasteiger partial charge in [0.1, 0.15) is 0 Å². The van der Waals surface area contributed by atoms with Crippen molar-refractivity contribution in [1.82, 2.24) is 4.98 Å². The molecule has 17 heavy (non-hydrogen) atoms. The van der Waals surface area contributed by atoms with Gasteiger partial charge in [0.15, 0.2) is 0 Å². The number of anilines is 1. The van der Waals surface area contributed by atoms with E-state index in [0.29, 0.717) is 18.2 Å². The summed E-state index contributed by atoms with van der Waals surface area (Å²) in [5, 5.41) is 2.87. The number of hydrogen-bond acceptors (Lipinski definition) is 3. The van der Waals surface area contributed by atoms with E-state index >= 15 is 0 Å². The quantitative estimate of drug-likeness (QED) is 0.785. The normalized spacial score (nSPS) is 11.3. The molecule has 0 spiro atoms. The SMILES string of the molecule is CCOc1ccc(NCCCC(F)(F)F)cn1. The third-order valence-corrected chi connectivity index (χ3v) is 1.99. The minimum atomic E-state index is -4.08. The van der Waals surface area contributed by atoms with Gasteiger partial charge in [0.25, 0.3) is 0 Å². The molecule has 1 heterocycles. The van der Waals surface area contributed by atoms with Crippen LogP contribution in [0.25, 0.3) is 0 Å². The molecule has 0 radical (unpaired) electrons. The van der Waals surface area contributed by atoms with Crippen molar-refractivity contribution in [3.8, 4) is 5.88 Å². The molecule has 0 aliphatic rings. The van der Waals surface area contributed by atoms with Gasteiger partial charge in [0.05, 0.1) is 18.5 Å². The van der Waals surface area contributed by atoms with Gasteiger partial charge in [0.2, 0.25) is 5.88 Å². The molecule has 1 rings (SSSR count). The summed E-state index contributed by atoms with van der Waals surface area (Å²) in [5.74, 6) is 0.508. The summed E-state index contributed by atoms with van der Waals surface area (Å²) in [5.41, 5.74) is 0.690. The molecule has 0 bridgehead atoms. The first-order valence-corrected chi connectivity index (χ1v) is 5.41. The molecule has 0 aromatic carbocycles. The van der Waals surface area contributed by atoms with Crippen LogP contribution in [0, 0.1) is 0 Å². The van der Waals surface area contributed by atoms with Gasteiger partial charge in [-0.05, 0) is 19.4 Å². The van der Waals surface area contributed by atoms with Crippen LogP contribution in [0.1, 0.15) is 19.8 Å². The smallest absolute Gasteiger partial charge is 0.389 e. The number of nitrogens with one attached hydrogen (secondary N) is 1. The highest BCUT2D eigenvalue weighted by molar-refractivity contribution is 5.41. The van der Waals surface area contributed by atoms with Crippen LogP contribution in [-0.4, -0.2) is 24.3 Å². The molecule has 0 amide bonds. The van der Waals surface area contributed by atoms with Crippen LogP contribution in [0.5, 0.6) is 5.88 Å². The summed E-state index contributed by atoms with van der Waals surface area (Å²) in [4.78, 5) is 3.99. The van der Waals surface area contributed by atoms with Crippen molar-refractivity contribution < 1.29 is 17.9 Å². The summed E-state index contributed by atoms with van der Waals surface area (Å²) in [7, 11) is 0. The standard InChI is InChI=1S/C11H15F3N2O/c1-2-17-10-5-4-9(8-16-10)15-7-3-6-11(12,13)14/h4-5,8,15H,2-3,6-7H2,1H3. The van der Waals surface area contributed by atoms with E-state index in [1.165, 1.54) is 0 Å². The Kier molecular flexibility index (Phi) is 5.06. The molecule has 1 aromatic heterocycles. The van der Waals surface area contributed by atoms with Gasteiger partial charge in [-0.2, -0.15) is 13.2 Å². The molecular weight excluding hydrogens is 233 g/mol. The second kappa shape index (κ2) is 6.32. The maximum absolute atomic E-state index is 11.9. The van der Waals surface area contributed by atoms with Gasteiger partial charge >= 0.3 is 6.18 Å². The van der Waals surface area contributed by atoms with Crippen molar-refractivity contribution in [2.75, 3.05) is 18.5 Å². The van der Waals surface area contributed by atoms with Crippen LogP contribution < -0.4 is 10.1 Å². The molecule has 1 N–H and O–H groups in total. The Morgan fingerprint density at radius 1 is 1.35 bits per heavy atom. The van der Waals surface area contributed by atoms with Crippen LogP contribution in [-0.2, 0) is 0 Å². The number of rotatable bonds is 6. The maximum atomic E-state index is 11.9. The molecule has 0 aliphatic heterocycles. The molecule has 0 aliphatic carbocycles. The van der Waals surface area contributed by atoms with E-state index in [2.05, 4.69) is 10.3 Å². The van der Waals surface area contributed by atoms with Gasteiger partial charge in [-0.25, -0.2) is 4.98 Å². The molecule has 0 saturated carbocycles. The fraction of sp³-hybridized carbons (Fsp3) is 0.545. The molecule has 0 saturated heterocycles. The van der Waals surface area contributed by atoms with Gasteiger partial charge in [-0.1, -0.05) is 0 Å². The van der Waals surface area contributed by atoms with Crippen LogP contribution in [0.2, 0.25) is 0 Å². The number of ether oxygens (including phenoxy) is 1. The maximum Gasteiger partial charge on any atom is 0.389 e. The van der Waals surface area contributed by atoms with Gasteiger partial charge in [0, 0.05) is 19.0 Å². The summed E-state index contributed by atoms with van der Waals surface area (Å²) < 4.78 is 40.7. The molecule has 0 fully saturated rings. The van der Waals surface area contributed by atoms with Gasteiger partial charge in [-0.3, -0.25) is 0 Å². The number of aromatic nitrogens is 1. The highest BCUT2D eigenvalue weighted by atomic mass is 19.4. The molecule has 0 atom stereocenters. The Morgan fingerprint density at radius 2 is 2.12 bits per heavy atom. The Hall–Kier alpha value is -1.46. The Bertz CT molecular complexity index is 324. The van der Waals surface area contributed by atoms with Crippen molar-refractivity contribution in [3.63, 3.8) is 0 Å². The lowest BCUT2D eigenvalue weighted by molar-refractivity contribution is -0.134. The van der Waals surface area contributed by atoms with Crippen molar-refractivity contribution in [3.05, 3.63) is 18.3 Å². The Balaban J connectivity index is 2.27. The fourth-order valence-corrected chi connectivity index (χ4v) is 1.24. The van der Waals surface area contributed by atoms with Crippen LogP contribution in [0.3, 0.4) is 0 Å². The number of pyridine rings is 1. The van der Waals surface area contributed by atoms with Crippen molar-refractivity contribution in [2.24, 2.45) is 0 Å². The van der Waals surface area contributed by atoms with Crippen LogP contribution in [0.15, 0.2) is 18.3 Å². The topological polar surface area (TPSA) is 34.1 Å². The lowest BCUT2D eigenvalue weighted by Crippen LogP contribution is -2.11. The predicted octanol–water partition coefficient (Wildman–Crippen LogP) is 3.23.